The van der Waals surface area contributed by atoms with Gasteiger partial charge >= 0.3 is 0 Å². The molecule has 0 fully saturated rings. The topological polar surface area (TPSA) is 37.8 Å². The molecule has 2 aromatic rings. The molecule has 0 atom stereocenters. The fraction of sp³-hybridized carbons (Fsp3) is 0.375. The minimum absolute atomic E-state index is 0.873. The molecule has 1 N–H and O–H groups in total. The molecule has 1 aromatic carbocycles. The van der Waals surface area contributed by atoms with Gasteiger partial charge in [-0.3, -0.25) is 0 Å². The number of anilines is 1. The Hall–Kier alpha value is -1.90. The van der Waals surface area contributed by atoms with Crippen LogP contribution in [0.3, 0.4) is 0 Å². The Morgan fingerprint density at radius 3 is 2.26 bits per heavy atom. The summed E-state index contributed by atoms with van der Waals surface area (Å²) in [6.45, 7) is 7.26. The summed E-state index contributed by atoms with van der Waals surface area (Å²) in [5.41, 5.74) is 4.74. The highest BCUT2D eigenvalue weighted by molar-refractivity contribution is 5.68. The number of benzene rings is 1. The number of aryl methyl sites for hydroxylation is 1. The number of aromatic nitrogens is 2. The third-order valence-corrected chi connectivity index (χ3v) is 3.28. The summed E-state index contributed by atoms with van der Waals surface area (Å²) in [4.78, 5) is 8.80. The van der Waals surface area contributed by atoms with Gasteiger partial charge < -0.3 is 5.32 Å². The van der Waals surface area contributed by atoms with Crippen molar-refractivity contribution in [2.24, 2.45) is 0 Å². The molecule has 2 rings (SSSR count). The summed E-state index contributed by atoms with van der Waals surface area (Å²) in [5.74, 6) is 0.953. The van der Waals surface area contributed by atoms with Crippen LogP contribution in [0.1, 0.15) is 31.9 Å². The Labute approximate surface area is 115 Å². The SMILES string of the molecule is CCNc1ncnc(-c2ccc(CC)cc2)c1CC. The molecule has 1 aromatic heterocycles. The van der Waals surface area contributed by atoms with Gasteiger partial charge in [-0.25, -0.2) is 9.97 Å². The number of rotatable bonds is 5. The second-order valence-corrected chi connectivity index (χ2v) is 4.48. The van der Waals surface area contributed by atoms with Gasteiger partial charge in [-0.15, -0.1) is 0 Å². The molecule has 100 valence electrons. The van der Waals surface area contributed by atoms with Gasteiger partial charge in [0.25, 0.3) is 0 Å². The standard InChI is InChI=1S/C16H21N3/c1-4-12-7-9-13(10-8-12)15-14(5-2)16(17-6-3)19-11-18-15/h7-11H,4-6H2,1-3H3,(H,17,18,19). The molecule has 0 unspecified atom stereocenters. The van der Waals surface area contributed by atoms with E-state index in [1.807, 2.05) is 0 Å². The van der Waals surface area contributed by atoms with Crippen LogP contribution in [0.5, 0.6) is 0 Å². The Morgan fingerprint density at radius 2 is 1.68 bits per heavy atom. The molecule has 3 nitrogen and oxygen atoms in total. The van der Waals surface area contributed by atoms with Gasteiger partial charge in [0.15, 0.2) is 0 Å². The predicted molar refractivity (Wildman–Crippen MR) is 80.4 cm³/mol. The van der Waals surface area contributed by atoms with E-state index in [1.54, 1.807) is 6.33 Å². The minimum Gasteiger partial charge on any atom is -0.370 e. The fourth-order valence-electron chi connectivity index (χ4n) is 2.21. The first kappa shape index (κ1) is 13.5. The van der Waals surface area contributed by atoms with Crippen molar-refractivity contribution in [3.63, 3.8) is 0 Å². The second-order valence-electron chi connectivity index (χ2n) is 4.48. The third-order valence-electron chi connectivity index (χ3n) is 3.28. The van der Waals surface area contributed by atoms with Crippen molar-refractivity contribution in [1.82, 2.24) is 9.97 Å². The molecule has 0 spiro atoms. The van der Waals surface area contributed by atoms with E-state index in [9.17, 15) is 0 Å². The maximum Gasteiger partial charge on any atom is 0.133 e. The average Bonchev–Trinajstić information content (AvgIpc) is 2.47. The smallest absolute Gasteiger partial charge is 0.133 e. The zero-order valence-electron chi connectivity index (χ0n) is 11.9. The van der Waals surface area contributed by atoms with Gasteiger partial charge in [-0.2, -0.15) is 0 Å². The van der Waals surface area contributed by atoms with Crippen molar-refractivity contribution in [2.75, 3.05) is 11.9 Å². The van der Waals surface area contributed by atoms with Gasteiger partial charge in [0.1, 0.15) is 12.1 Å². The van der Waals surface area contributed by atoms with Gasteiger partial charge in [-0.1, -0.05) is 38.1 Å². The molecule has 0 aliphatic carbocycles. The molecular weight excluding hydrogens is 234 g/mol. The Bertz CT molecular complexity index is 532. The maximum atomic E-state index is 4.47. The summed E-state index contributed by atoms with van der Waals surface area (Å²) in [6.07, 6.45) is 3.63. The molecule has 0 bridgehead atoms. The number of nitrogens with one attached hydrogen (secondary N) is 1. The average molecular weight is 255 g/mol. The van der Waals surface area contributed by atoms with Crippen molar-refractivity contribution >= 4 is 5.82 Å². The minimum atomic E-state index is 0.873. The molecular formula is C16H21N3. The van der Waals surface area contributed by atoms with Crippen LogP contribution in [0.15, 0.2) is 30.6 Å². The first-order valence-corrected chi connectivity index (χ1v) is 6.97. The normalized spacial score (nSPS) is 10.5. The number of hydrogen-bond donors (Lipinski definition) is 1. The van der Waals surface area contributed by atoms with Gasteiger partial charge in [0, 0.05) is 17.7 Å². The lowest BCUT2D eigenvalue weighted by molar-refractivity contribution is 1.03. The molecule has 0 aliphatic rings. The van der Waals surface area contributed by atoms with Crippen LogP contribution in [0.2, 0.25) is 0 Å². The van der Waals surface area contributed by atoms with Crippen molar-refractivity contribution < 1.29 is 0 Å². The van der Waals surface area contributed by atoms with Crippen LogP contribution < -0.4 is 5.32 Å². The monoisotopic (exact) mass is 255 g/mol. The third kappa shape index (κ3) is 2.92. The Kier molecular flexibility index (Phi) is 4.50. The largest absolute Gasteiger partial charge is 0.370 e. The van der Waals surface area contributed by atoms with Crippen LogP contribution in [-0.2, 0) is 12.8 Å². The molecule has 19 heavy (non-hydrogen) atoms. The van der Waals surface area contributed by atoms with Crippen LogP contribution in [-0.4, -0.2) is 16.5 Å². The lowest BCUT2D eigenvalue weighted by Crippen LogP contribution is -2.05. The van der Waals surface area contributed by atoms with E-state index in [2.05, 4.69) is 60.3 Å². The van der Waals surface area contributed by atoms with Gasteiger partial charge in [0.2, 0.25) is 0 Å². The highest BCUT2D eigenvalue weighted by atomic mass is 15.0. The lowest BCUT2D eigenvalue weighted by Gasteiger charge is -2.12. The summed E-state index contributed by atoms with van der Waals surface area (Å²) in [5, 5.41) is 3.31. The summed E-state index contributed by atoms with van der Waals surface area (Å²) >= 11 is 0. The highest BCUT2D eigenvalue weighted by Crippen LogP contribution is 2.26. The van der Waals surface area contributed by atoms with Crippen LogP contribution in [0, 0.1) is 0 Å². The zero-order chi connectivity index (χ0) is 13.7. The van der Waals surface area contributed by atoms with Crippen LogP contribution in [0.4, 0.5) is 5.82 Å². The van der Waals surface area contributed by atoms with E-state index in [0.29, 0.717) is 0 Å². The highest BCUT2D eigenvalue weighted by Gasteiger charge is 2.10. The number of hydrogen-bond acceptors (Lipinski definition) is 3. The van der Waals surface area contributed by atoms with Gasteiger partial charge in [0.05, 0.1) is 5.69 Å². The van der Waals surface area contributed by atoms with E-state index in [-0.39, 0.29) is 0 Å². The molecule has 0 amide bonds. The number of nitrogens with zero attached hydrogens (tertiary/aromatic N) is 2. The Morgan fingerprint density at radius 1 is 0.947 bits per heavy atom. The quantitative estimate of drug-likeness (QED) is 0.885. The van der Waals surface area contributed by atoms with Crippen LogP contribution in [0.25, 0.3) is 11.3 Å². The molecule has 0 saturated heterocycles. The van der Waals surface area contributed by atoms with E-state index in [4.69, 9.17) is 0 Å². The van der Waals surface area contributed by atoms with Crippen molar-refractivity contribution in [2.45, 2.75) is 33.6 Å². The van der Waals surface area contributed by atoms with Crippen molar-refractivity contribution in [3.05, 3.63) is 41.7 Å². The van der Waals surface area contributed by atoms with E-state index < -0.39 is 0 Å². The fourth-order valence-corrected chi connectivity index (χ4v) is 2.21. The van der Waals surface area contributed by atoms with Crippen molar-refractivity contribution in [3.8, 4) is 11.3 Å². The van der Waals surface area contributed by atoms with Gasteiger partial charge in [-0.05, 0) is 25.3 Å². The zero-order valence-corrected chi connectivity index (χ0v) is 11.9. The van der Waals surface area contributed by atoms with Crippen molar-refractivity contribution in [1.29, 1.82) is 0 Å². The summed E-state index contributed by atoms with van der Waals surface area (Å²) in [7, 11) is 0. The molecule has 3 heteroatoms. The lowest BCUT2D eigenvalue weighted by atomic mass is 10.0. The van der Waals surface area contributed by atoms with E-state index in [1.165, 1.54) is 11.1 Å². The first-order chi connectivity index (χ1) is 9.30. The first-order valence-electron chi connectivity index (χ1n) is 6.97. The molecule has 0 saturated carbocycles. The molecule has 0 radical (unpaired) electrons. The maximum absolute atomic E-state index is 4.47. The summed E-state index contributed by atoms with van der Waals surface area (Å²) in [6, 6.07) is 8.64. The predicted octanol–water partition coefficient (Wildman–Crippen LogP) is 3.70. The molecule has 0 aliphatic heterocycles. The van der Waals surface area contributed by atoms with E-state index in [0.717, 1.165) is 36.5 Å². The molecule has 1 heterocycles. The second kappa shape index (κ2) is 6.32. The van der Waals surface area contributed by atoms with Crippen LogP contribution >= 0.6 is 0 Å². The summed E-state index contributed by atoms with van der Waals surface area (Å²) < 4.78 is 0. The van der Waals surface area contributed by atoms with E-state index >= 15 is 0 Å². The Balaban J connectivity index is 2.45.